The van der Waals surface area contributed by atoms with Crippen LogP contribution >= 0.6 is 15.9 Å². The van der Waals surface area contributed by atoms with E-state index >= 15 is 0 Å². The fraction of sp³-hybridized carbons (Fsp3) is 0.929. The van der Waals surface area contributed by atoms with E-state index in [1.165, 1.54) is 19.3 Å². The van der Waals surface area contributed by atoms with E-state index in [0.717, 1.165) is 25.9 Å². The standard InChI is InChI=1S/C14H24BrNO2/c1-2-18-11-7-10(8-11)9-14(17)16-13-6-4-3-5-12(13)15/h10-13H,2-9H2,1H3,(H,16,17). The molecule has 0 spiro atoms. The quantitative estimate of drug-likeness (QED) is 0.791. The summed E-state index contributed by atoms with van der Waals surface area (Å²) in [5, 5.41) is 3.19. The van der Waals surface area contributed by atoms with E-state index in [2.05, 4.69) is 21.2 Å². The molecule has 2 atom stereocenters. The Balaban J connectivity index is 1.63. The maximum absolute atomic E-state index is 12.0. The summed E-state index contributed by atoms with van der Waals surface area (Å²) in [5.74, 6) is 0.769. The number of hydrogen-bond donors (Lipinski definition) is 1. The summed E-state index contributed by atoms with van der Waals surface area (Å²) < 4.78 is 5.52. The van der Waals surface area contributed by atoms with E-state index < -0.39 is 0 Å². The summed E-state index contributed by atoms with van der Waals surface area (Å²) in [6, 6.07) is 0.342. The number of nitrogens with one attached hydrogen (secondary N) is 1. The van der Waals surface area contributed by atoms with Crippen molar-refractivity contribution in [3.05, 3.63) is 0 Å². The highest BCUT2D eigenvalue weighted by molar-refractivity contribution is 9.09. The third-order valence-corrected chi connectivity index (χ3v) is 5.19. The summed E-state index contributed by atoms with van der Waals surface area (Å²) in [6.45, 7) is 2.82. The average molecular weight is 318 g/mol. The first-order chi connectivity index (χ1) is 8.69. The van der Waals surface area contributed by atoms with Crippen LogP contribution in [0, 0.1) is 5.92 Å². The lowest BCUT2D eigenvalue weighted by molar-refractivity contribution is -0.125. The molecule has 0 bridgehead atoms. The van der Waals surface area contributed by atoms with E-state index in [9.17, 15) is 4.79 Å². The summed E-state index contributed by atoms with van der Waals surface area (Å²) in [7, 11) is 0. The first-order valence-electron chi connectivity index (χ1n) is 7.24. The zero-order valence-electron chi connectivity index (χ0n) is 11.2. The van der Waals surface area contributed by atoms with Gasteiger partial charge in [0, 0.05) is 23.9 Å². The van der Waals surface area contributed by atoms with Gasteiger partial charge in [-0.25, -0.2) is 0 Å². The highest BCUT2D eigenvalue weighted by atomic mass is 79.9. The molecule has 0 heterocycles. The minimum Gasteiger partial charge on any atom is -0.378 e. The van der Waals surface area contributed by atoms with Gasteiger partial charge < -0.3 is 10.1 Å². The van der Waals surface area contributed by atoms with Gasteiger partial charge in [0.15, 0.2) is 0 Å². The third kappa shape index (κ3) is 3.95. The number of amides is 1. The van der Waals surface area contributed by atoms with Crippen molar-refractivity contribution in [2.75, 3.05) is 6.61 Å². The van der Waals surface area contributed by atoms with Gasteiger partial charge in [-0.05, 0) is 38.5 Å². The smallest absolute Gasteiger partial charge is 0.220 e. The van der Waals surface area contributed by atoms with Crippen LogP contribution in [0.5, 0.6) is 0 Å². The molecule has 2 unspecified atom stereocenters. The van der Waals surface area contributed by atoms with Gasteiger partial charge in [0.05, 0.1) is 6.10 Å². The minimum absolute atomic E-state index is 0.228. The zero-order valence-corrected chi connectivity index (χ0v) is 12.7. The molecule has 0 radical (unpaired) electrons. The lowest BCUT2D eigenvalue weighted by atomic mass is 9.79. The fourth-order valence-electron chi connectivity index (χ4n) is 2.99. The van der Waals surface area contributed by atoms with Gasteiger partial charge in [-0.15, -0.1) is 0 Å². The molecule has 2 aliphatic rings. The van der Waals surface area contributed by atoms with Gasteiger partial charge >= 0.3 is 0 Å². The maximum atomic E-state index is 12.0. The molecule has 2 aliphatic carbocycles. The van der Waals surface area contributed by atoms with Crippen LogP contribution in [0.3, 0.4) is 0 Å². The minimum atomic E-state index is 0.228. The van der Waals surface area contributed by atoms with Crippen LogP contribution in [0.15, 0.2) is 0 Å². The molecule has 0 aromatic rings. The van der Waals surface area contributed by atoms with Gasteiger partial charge in [-0.3, -0.25) is 4.79 Å². The number of carbonyl (C=O) groups excluding carboxylic acids is 1. The molecule has 2 fully saturated rings. The van der Waals surface area contributed by atoms with E-state index in [1.807, 2.05) is 6.92 Å². The Kier molecular flexibility index (Phi) is 5.49. The Labute approximate surface area is 118 Å². The van der Waals surface area contributed by atoms with Crippen LogP contribution in [-0.2, 0) is 9.53 Å². The topological polar surface area (TPSA) is 38.3 Å². The largest absolute Gasteiger partial charge is 0.378 e. The highest BCUT2D eigenvalue weighted by Crippen LogP contribution is 2.33. The van der Waals surface area contributed by atoms with Crippen molar-refractivity contribution in [3.8, 4) is 0 Å². The van der Waals surface area contributed by atoms with E-state index in [-0.39, 0.29) is 5.91 Å². The second-order valence-corrected chi connectivity index (χ2v) is 6.77. The van der Waals surface area contributed by atoms with Crippen LogP contribution < -0.4 is 5.32 Å². The lowest BCUT2D eigenvalue weighted by Gasteiger charge is -2.35. The molecule has 2 rings (SSSR count). The van der Waals surface area contributed by atoms with Crippen molar-refractivity contribution >= 4 is 21.8 Å². The molecule has 4 heteroatoms. The monoisotopic (exact) mass is 317 g/mol. The molecule has 0 aliphatic heterocycles. The summed E-state index contributed by atoms with van der Waals surface area (Å²) in [6.07, 6.45) is 8.03. The predicted molar refractivity (Wildman–Crippen MR) is 75.9 cm³/mol. The molecule has 3 nitrogen and oxygen atoms in total. The lowest BCUT2D eigenvalue weighted by Crippen LogP contribution is -2.44. The second kappa shape index (κ2) is 6.90. The predicted octanol–water partition coefficient (Wildman–Crippen LogP) is 3.01. The molecule has 104 valence electrons. The fourth-order valence-corrected chi connectivity index (χ4v) is 3.71. The van der Waals surface area contributed by atoms with Crippen LogP contribution in [-0.4, -0.2) is 29.5 Å². The number of halogens is 1. The zero-order chi connectivity index (χ0) is 13.0. The molecule has 0 saturated heterocycles. The molecule has 18 heavy (non-hydrogen) atoms. The van der Waals surface area contributed by atoms with Crippen LogP contribution in [0.2, 0.25) is 0 Å². The van der Waals surface area contributed by atoms with E-state index in [0.29, 0.717) is 29.3 Å². The van der Waals surface area contributed by atoms with E-state index in [1.54, 1.807) is 0 Å². The van der Waals surface area contributed by atoms with Gasteiger partial charge in [-0.1, -0.05) is 28.8 Å². The van der Waals surface area contributed by atoms with Crippen molar-refractivity contribution in [3.63, 3.8) is 0 Å². The Bertz CT molecular complexity index is 279. The Hall–Kier alpha value is -0.0900. The molecule has 0 aromatic heterocycles. The Morgan fingerprint density at radius 2 is 2.06 bits per heavy atom. The average Bonchev–Trinajstić information content (AvgIpc) is 2.29. The number of hydrogen-bond acceptors (Lipinski definition) is 2. The number of alkyl halides is 1. The van der Waals surface area contributed by atoms with Gasteiger partial charge in [0.1, 0.15) is 0 Å². The normalized spacial score (nSPS) is 35.9. The number of rotatable bonds is 5. The summed E-state index contributed by atoms with van der Waals surface area (Å²) in [5.41, 5.74) is 0. The van der Waals surface area contributed by atoms with Gasteiger partial charge in [0.2, 0.25) is 5.91 Å². The number of carbonyl (C=O) groups is 1. The van der Waals surface area contributed by atoms with Crippen LogP contribution in [0.4, 0.5) is 0 Å². The highest BCUT2D eigenvalue weighted by Gasteiger charge is 2.32. The first kappa shape index (κ1) is 14.3. The Morgan fingerprint density at radius 3 is 2.72 bits per heavy atom. The third-order valence-electron chi connectivity index (χ3n) is 4.10. The van der Waals surface area contributed by atoms with Crippen molar-refractivity contribution < 1.29 is 9.53 Å². The second-order valence-electron chi connectivity index (χ2n) is 5.59. The molecular formula is C14H24BrNO2. The Morgan fingerprint density at radius 1 is 1.33 bits per heavy atom. The van der Waals surface area contributed by atoms with Crippen molar-refractivity contribution in [1.82, 2.24) is 5.32 Å². The van der Waals surface area contributed by atoms with Crippen molar-refractivity contribution in [2.45, 2.75) is 68.8 Å². The first-order valence-corrected chi connectivity index (χ1v) is 8.15. The van der Waals surface area contributed by atoms with Crippen molar-refractivity contribution in [1.29, 1.82) is 0 Å². The molecule has 0 aromatic carbocycles. The number of ether oxygens (including phenoxy) is 1. The summed E-state index contributed by atoms with van der Waals surface area (Å²) in [4.78, 5) is 12.4. The van der Waals surface area contributed by atoms with Gasteiger partial charge in [0.25, 0.3) is 0 Å². The maximum Gasteiger partial charge on any atom is 0.220 e. The van der Waals surface area contributed by atoms with Crippen LogP contribution in [0.25, 0.3) is 0 Å². The molecule has 1 amide bonds. The SMILES string of the molecule is CCOC1CC(CC(=O)NC2CCCCC2Br)C1. The van der Waals surface area contributed by atoms with E-state index in [4.69, 9.17) is 4.74 Å². The van der Waals surface area contributed by atoms with Crippen LogP contribution in [0.1, 0.15) is 51.9 Å². The molecular weight excluding hydrogens is 294 g/mol. The summed E-state index contributed by atoms with van der Waals surface area (Å²) >= 11 is 3.68. The van der Waals surface area contributed by atoms with Crippen molar-refractivity contribution in [2.24, 2.45) is 5.92 Å². The molecule has 1 N–H and O–H groups in total. The van der Waals surface area contributed by atoms with Gasteiger partial charge in [-0.2, -0.15) is 0 Å². The molecule has 2 saturated carbocycles.